The molecule has 3 aromatic rings. The standard InChI is InChI=1S/C24H23NO2/c1-18(20-13-7-3-8-14-20)25-22(21-15-9-4-10-16-21)23(24(25)26)27-17-19-11-5-2-6-12-19/h2-16,18,22-23H,17H2,1H3. The summed E-state index contributed by atoms with van der Waals surface area (Å²) in [6.45, 7) is 2.52. The van der Waals surface area contributed by atoms with Crippen molar-refractivity contribution >= 4 is 5.91 Å². The zero-order chi connectivity index (χ0) is 18.6. The quantitative estimate of drug-likeness (QED) is 0.586. The van der Waals surface area contributed by atoms with Crippen LogP contribution in [0, 0.1) is 0 Å². The monoisotopic (exact) mass is 357 g/mol. The maximum absolute atomic E-state index is 13.0. The molecule has 1 aliphatic heterocycles. The summed E-state index contributed by atoms with van der Waals surface area (Å²) in [5.74, 6) is 0.0520. The summed E-state index contributed by atoms with van der Waals surface area (Å²) < 4.78 is 6.07. The van der Waals surface area contributed by atoms with E-state index in [1.807, 2.05) is 71.6 Å². The minimum atomic E-state index is -0.446. The Hall–Kier alpha value is -2.91. The number of rotatable bonds is 6. The van der Waals surface area contributed by atoms with E-state index in [0.29, 0.717) is 6.61 Å². The van der Waals surface area contributed by atoms with Gasteiger partial charge in [0, 0.05) is 0 Å². The van der Waals surface area contributed by atoms with Gasteiger partial charge in [0.2, 0.25) is 0 Å². The molecule has 1 heterocycles. The SMILES string of the molecule is CC(c1ccccc1)N1C(=O)C(OCc2ccccc2)C1c1ccccc1. The zero-order valence-electron chi connectivity index (χ0n) is 15.4. The second kappa shape index (κ2) is 7.77. The molecule has 1 fully saturated rings. The number of hydrogen-bond donors (Lipinski definition) is 0. The molecule has 4 rings (SSSR count). The molecule has 0 aliphatic carbocycles. The first-order valence-corrected chi connectivity index (χ1v) is 9.33. The largest absolute Gasteiger partial charge is 0.361 e. The predicted octanol–water partition coefficient (Wildman–Crippen LogP) is 4.92. The number of benzene rings is 3. The van der Waals surface area contributed by atoms with Crippen molar-refractivity contribution in [2.75, 3.05) is 0 Å². The number of nitrogens with zero attached hydrogens (tertiary/aromatic N) is 1. The van der Waals surface area contributed by atoms with Gasteiger partial charge in [-0.05, 0) is 23.6 Å². The van der Waals surface area contributed by atoms with E-state index >= 15 is 0 Å². The van der Waals surface area contributed by atoms with Crippen LogP contribution in [0.4, 0.5) is 0 Å². The second-order valence-electron chi connectivity index (χ2n) is 6.90. The predicted molar refractivity (Wildman–Crippen MR) is 106 cm³/mol. The van der Waals surface area contributed by atoms with E-state index in [1.54, 1.807) is 0 Å². The molecule has 3 unspecified atom stereocenters. The van der Waals surface area contributed by atoms with Crippen LogP contribution in [0.25, 0.3) is 0 Å². The molecule has 1 saturated heterocycles. The highest BCUT2D eigenvalue weighted by Crippen LogP contribution is 2.43. The van der Waals surface area contributed by atoms with Crippen molar-refractivity contribution in [1.82, 2.24) is 4.90 Å². The molecule has 3 nitrogen and oxygen atoms in total. The third kappa shape index (κ3) is 3.51. The van der Waals surface area contributed by atoms with Gasteiger partial charge in [-0.25, -0.2) is 0 Å². The fraction of sp³-hybridized carbons (Fsp3) is 0.208. The van der Waals surface area contributed by atoms with Gasteiger partial charge in [0.05, 0.1) is 18.7 Å². The average molecular weight is 357 g/mol. The van der Waals surface area contributed by atoms with Crippen molar-refractivity contribution in [2.24, 2.45) is 0 Å². The van der Waals surface area contributed by atoms with Crippen molar-refractivity contribution in [3.8, 4) is 0 Å². The van der Waals surface area contributed by atoms with Crippen LogP contribution in [0.3, 0.4) is 0 Å². The number of amides is 1. The number of hydrogen-bond acceptors (Lipinski definition) is 2. The summed E-state index contributed by atoms with van der Waals surface area (Å²) in [7, 11) is 0. The Morgan fingerprint density at radius 1 is 0.852 bits per heavy atom. The van der Waals surface area contributed by atoms with Gasteiger partial charge in [0.15, 0.2) is 6.10 Å². The van der Waals surface area contributed by atoms with Crippen molar-refractivity contribution in [3.05, 3.63) is 108 Å². The second-order valence-corrected chi connectivity index (χ2v) is 6.90. The third-order valence-corrected chi connectivity index (χ3v) is 5.20. The van der Waals surface area contributed by atoms with Crippen LogP contribution < -0.4 is 0 Å². The van der Waals surface area contributed by atoms with Gasteiger partial charge in [-0.3, -0.25) is 4.79 Å². The average Bonchev–Trinajstić information content (AvgIpc) is 2.74. The summed E-state index contributed by atoms with van der Waals surface area (Å²) in [4.78, 5) is 14.9. The normalized spacial score (nSPS) is 20.2. The van der Waals surface area contributed by atoms with Gasteiger partial charge in [-0.1, -0.05) is 91.0 Å². The van der Waals surface area contributed by atoms with Gasteiger partial charge in [0.1, 0.15) is 0 Å². The number of likely N-dealkylation sites (tertiary alicyclic amines) is 1. The minimum absolute atomic E-state index is 0.000446. The Bertz CT molecular complexity index is 880. The minimum Gasteiger partial charge on any atom is -0.361 e. The summed E-state index contributed by atoms with van der Waals surface area (Å²) in [6, 6.07) is 30.2. The van der Waals surface area contributed by atoms with E-state index in [4.69, 9.17) is 4.74 Å². The maximum Gasteiger partial charge on any atom is 0.255 e. The fourth-order valence-electron chi connectivity index (χ4n) is 3.71. The first-order valence-electron chi connectivity index (χ1n) is 9.33. The van der Waals surface area contributed by atoms with E-state index in [0.717, 1.165) is 16.7 Å². The van der Waals surface area contributed by atoms with Crippen molar-refractivity contribution in [3.63, 3.8) is 0 Å². The first-order chi connectivity index (χ1) is 13.3. The Balaban J connectivity index is 1.57. The molecule has 0 radical (unpaired) electrons. The van der Waals surface area contributed by atoms with E-state index in [1.165, 1.54) is 0 Å². The molecule has 0 spiro atoms. The molecule has 3 atom stereocenters. The lowest BCUT2D eigenvalue weighted by Crippen LogP contribution is -2.60. The Morgan fingerprint density at radius 3 is 2.04 bits per heavy atom. The first kappa shape index (κ1) is 17.5. The molecular weight excluding hydrogens is 334 g/mol. The summed E-state index contributed by atoms with van der Waals surface area (Å²) >= 11 is 0. The number of carbonyl (C=O) groups is 1. The number of carbonyl (C=O) groups excluding carboxylic acids is 1. The lowest BCUT2D eigenvalue weighted by atomic mass is 9.87. The van der Waals surface area contributed by atoms with E-state index < -0.39 is 6.10 Å². The molecule has 136 valence electrons. The lowest BCUT2D eigenvalue weighted by Gasteiger charge is -2.50. The number of β-lactam (4-membered cyclic amide) rings is 1. The van der Waals surface area contributed by atoms with Gasteiger partial charge in [0.25, 0.3) is 5.91 Å². The fourth-order valence-corrected chi connectivity index (χ4v) is 3.71. The Kier molecular flexibility index (Phi) is 5.03. The molecule has 0 N–H and O–H groups in total. The van der Waals surface area contributed by atoms with Crippen LogP contribution in [0.15, 0.2) is 91.0 Å². The maximum atomic E-state index is 13.0. The highest BCUT2D eigenvalue weighted by atomic mass is 16.5. The topological polar surface area (TPSA) is 29.5 Å². The number of ether oxygens (including phenoxy) is 1. The van der Waals surface area contributed by atoms with Gasteiger partial charge in [-0.2, -0.15) is 0 Å². The Morgan fingerprint density at radius 2 is 1.41 bits per heavy atom. The van der Waals surface area contributed by atoms with Crippen LogP contribution in [-0.2, 0) is 16.1 Å². The summed E-state index contributed by atoms with van der Waals surface area (Å²) in [5, 5.41) is 0. The molecule has 0 saturated carbocycles. The smallest absolute Gasteiger partial charge is 0.255 e. The van der Waals surface area contributed by atoms with Crippen LogP contribution >= 0.6 is 0 Å². The molecule has 1 amide bonds. The zero-order valence-corrected chi connectivity index (χ0v) is 15.4. The van der Waals surface area contributed by atoms with Gasteiger partial charge in [-0.15, -0.1) is 0 Å². The molecule has 3 heteroatoms. The van der Waals surface area contributed by atoms with Crippen molar-refractivity contribution in [2.45, 2.75) is 31.7 Å². The molecular formula is C24H23NO2. The van der Waals surface area contributed by atoms with Crippen molar-refractivity contribution < 1.29 is 9.53 Å². The molecule has 27 heavy (non-hydrogen) atoms. The van der Waals surface area contributed by atoms with Crippen LogP contribution in [0.2, 0.25) is 0 Å². The summed E-state index contributed by atoms with van der Waals surface area (Å²) in [6.07, 6.45) is -0.446. The van der Waals surface area contributed by atoms with E-state index in [-0.39, 0.29) is 18.0 Å². The highest BCUT2D eigenvalue weighted by Gasteiger charge is 2.51. The van der Waals surface area contributed by atoms with E-state index in [9.17, 15) is 4.79 Å². The van der Waals surface area contributed by atoms with Gasteiger partial charge >= 0.3 is 0 Å². The third-order valence-electron chi connectivity index (χ3n) is 5.20. The van der Waals surface area contributed by atoms with Gasteiger partial charge < -0.3 is 9.64 Å². The lowest BCUT2D eigenvalue weighted by molar-refractivity contribution is -0.182. The highest BCUT2D eigenvalue weighted by molar-refractivity contribution is 5.89. The van der Waals surface area contributed by atoms with Crippen LogP contribution in [0.5, 0.6) is 0 Å². The van der Waals surface area contributed by atoms with E-state index in [2.05, 4.69) is 31.2 Å². The molecule has 1 aliphatic rings. The van der Waals surface area contributed by atoms with Crippen LogP contribution in [-0.4, -0.2) is 16.9 Å². The van der Waals surface area contributed by atoms with Crippen LogP contribution in [0.1, 0.15) is 35.7 Å². The molecule has 0 aromatic heterocycles. The molecule has 3 aromatic carbocycles. The molecule has 0 bridgehead atoms. The summed E-state index contributed by atoms with van der Waals surface area (Å²) in [5.41, 5.74) is 3.32. The Labute approximate surface area is 160 Å². The van der Waals surface area contributed by atoms with Crippen molar-refractivity contribution in [1.29, 1.82) is 0 Å².